The largest absolute Gasteiger partial charge is 0.464 e. The van der Waals surface area contributed by atoms with Crippen molar-refractivity contribution in [3.63, 3.8) is 0 Å². The molecule has 108 valence electrons. The third-order valence-electron chi connectivity index (χ3n) is 2.70. The van der Waals surface area contributed by atoms with Crippen LogP contribution in [0.1, 0.15) is 31.9 Å². The topological polar surface area (TPSA) is 77.8 Å². The average Bonchev–Trinajstić information content (AvgIpc) is 2.82. The minimum absolute atomic E-state index is 0.352. The molecule has 0 aliphatic rings. The molecule has 2 rings (SSSR count). The van der Waals surface area contributed by atoms with Gasteiger partial charge in [0, 0.05) is 26.0 Å². The molecule has 0 amide bonds. The quantitative estimate of drug-likeness (QED) is 0.824. The van der Waals surface area contributed by atoms with Crippen LogP contribution in [0.5, 0.6) is 6.01 Å². The van der Waals surface area contributed by atoms with Crippen LogP contribution in [0.25, 0.3) is 0 Å². The van der Waals surface area contributed by atoms with Gasteiger partial charge >= 0.3 is 6.01 Å². The first-order chi connectivity index (χ1) is 9.72. The van der Waals surface area contributed by atoms with Gasteiger partial charge in [-0.05, 0) is 13.3 Å². The van der Waals surface area contributed by atoms with Gasteiger partial charge in [-0.15, -0.1) is 0 Å². The van der Waals surface area contributed by atoms with E-state index >= 15 is 0 Å². The zero-order valence-electron chi connectivity index (χ0n) is 12.1. The number of rotatable bonds is 7. The van der Waals surface area contributed by atoms with Crippen LogP contribution in [0.4, 0.5) is 5.95 Å². The molecule has 7 heteroatoms. The molecule has 0 atom stereocenters. The standard InChI is InChI=1S/C13H20N6O/c1-4-6-15-12-16-10(17-13(18-12)20-5-2)9-11-14-7-8-19(11)3/h7-8H,4-6,9H2,1-3H3,(H,15,16,17,18). The van der Waals surface area contributed by atoms with Gasteiger partial charge in [0.05, 0.1) is 13.0 Å². The molecule has 2 aromatic heterocycles. The Kier molecular flexibility index (Phi) is 4.86. The van der Waals surface area contributed by atoms with Gasteiger partial charge in [-0.1, -0.05) is 6.92 Å². The Labute approximate surface area is 118 Å². The number of nitrogens with one attached hydrogen (secondary N) is 1. The highest BCUT2D eigenvalue weighted by Crippen LogP contribution is 2.11. The first-order valence-corrected chi connectivity index (χ1v) is 6.80. The Bertz CT molecular complexity index is 554. The van der Waals surface area contributed by atoms with Crippen molar-refractivity contribution in [2.45, 2.75) is 26.7 Å². The minimum atomic E-state index is 0.352. The smallest absolute Gasteiger partial charge is 0.321 e. The van der Waals surface area contributed by atoms with E-state index in [1.54, 1.807) is 6.20 Å². The lowest BCUT2D eigenvalue weighted by Gasteiger charge is -2.08. The highest BCUT2D eigenvalue weighted by atomic mass is 16.5. The molecular formula is C13H20N6O. The van der Waals surface area contributed by atoms with Crippen LogP contribution in [-0.2, 0) is 13.5 Å². The van der Waals surface area contributed by atoms with Crippen molar-refractivity contribution in [1.82, 2.24) is 24.5 Å². The van der Waals surface area contributed by atoms with E-state index in [1.165, 1.54) is 0 Å². The van der Waals surface area contributed by atoms with E-state index in [2.05, 4.69) is 32.2 Å². The molecule has 7 nitrogen and oxygen atoms in total. The average molecular weight is 276 g/mol. The fourth-order valence-electron chi connectivity index (χ4n) is 1.70. The maximum absolute atomic E-state index is 5.39. The molecule has 20 heavy (non-hydrogen) atoms. The Morgan fingerprint density at radius 1 is 1.25 bits per heavy atom. The lowest BCUT2D eigenvalue weighted by molar-refractivity contribution is 0.310. The summed E-state index contributed by atoms with van der Waals surface area (Å²) in [5.41, 5.74) is 0. The van der Waals surface area contributed by atoms with Crippen LogP contribution in [-0.4, -0.2) is 37.7 Å². The molecule has 2 aromatic rings. The molecule has 0 unspecified atom stereocenters. The molecule has 0 radical (unpaired) electrons. The summed E-state index contributed by atoms with van der Waals surface area (Å²) < 4.78 is 7.33. The van der Waals surface area contributed by atoms with Gasteiger partial charge in [-0.25, -0.2) is 4.98 Å². The van der Waals surface area contributed by atoms with E-state index in [0.29, 0.717) is 30.8 Å². The molecule has 0 aliphatic carbocycles. The van der Waals surface area contributed by atoms with Crippen LogP contribution in [0, 0.1) is 0 Å². The van der Waals surface area contributed by atoms with Crippen LogP contribution < -0.4 is 10.1 Å². The zero-order valence-corrected chi connectivity index (χ0v) is 12.1. The normalized spacial score (nSPS) is 10.6. The second kappa shape index (κ2) is 6.83. The second-order valence-electron chi connectivity index (χ2n) is 4.35. The van der Waals surface area contributed by atoms with Gasteiger partial charge in [0.2, 0.25) is 5.95 Å². The molecule has 0 bridgehead atoms. The van der Waals surface area contributed by atoms with Gasteiger partial charge < -0.3 is 14.6 Å². The summed E-state index contributed by atoms with van der Waals surface area (Å²) >= 11 is 0. The van der Waals surface area contributed by atoms with Gasteiger partial charge in [-0.3, -0.25) is 0 Å². The number of ether oxygens (including phenoxy) is 1. The summed E-state index contributed by atoms with van der Waals surface area (Å²) in [7, 11) is 1.95. The van der Waals surface area contributed by atoms with Gasteiger partial charge in [-0.2, -0.15) is 15.0 Å². The molecule has 0 aliphatic heterocycles. The molecule has 1 N–H and O–H groups in total. The number of anilines is 1. The van der Waals surface area contributed by atoms with Gasteiger partial charge in [0.25, 0.3) is 0 Å². The number of imidazole rings is 1. The van der Waals surface area contributed by atoms with E-state index < -0.39 is 0 Å². The van der Waals surface area contributed by atoms with E-state index in [1.807, 2.05) is 24.7 Å². The van der Waals surface area contributed by atoms with Crippen molar-refractivity contribution in [2.24, 2.45) is 7.05 Å². The number of nitrogens with zero attached hydrogens (tertiary/aromatic N) is 5. The molecule has 0 fully saturated rings. The molecule has 2 heterocycles. The van der Waals surface area contributed by atoms with Crippen molar-refractivity contribution >= 4 is 5.95 Å². The van der Waals surface area contributed by atoms with Crippen LogP contribution in [0.3, 0.4) is 0 Å². The predicted octanol–water partition coefficient (Wildman–Crippen LogP) is 1.42. The fourth-order valence-corrected chi connectivity index (χ4v) is 1.70. The monoisotopic (exact) mass is 276 g/mol. The summed E-state index contributed by atoms with van der Waals surface area (Å²) in [6.45, 7) is 5.34. The van der Waals surface area contributed by atoms with Crippen molar-refractivity contribution in [2.75, 3.05) is 18.5 Å². The molecule has 0 spiro atoms. The maximum atomic E-state index is 5.39. The third kappa shape index (κ3) is 3.66. The molecular weight excluding hydrogens is 256 g/mol. The highest BCUT2D eigenvalue weighted by Gasteiger charge is 2.10. The van der Waals surface area contributed by atoms with E-state index in [-0.39, 0.29) is 0 Å². The SMILES string of the molecule is CCCNc1nc(Cc2nccn2C)nc(OCC)n1. The Hall–Kier alpha value is -2.18. The number of hydrogen-bond donors (Lipinski definition) is 1. The summed E-state index contributed by atoms with van der Waals surface area (Å²) in [6.07, 6.45) is 5.21. The highest BCUT2D eigenvalue weighted by molar-refractivity contribution is 5.26. The van der Waals surface area contributed by atoms with Crippen molar-refractivity contribution < 1.29 is 4.74 Å². The lowest BCUT2D eigenvalue weighted by atomic mass is 10.4. The van der Waals surface area contributed by atoms with Crippen molar-refractivity contribution in [1.29, 1.82) is 0 Å². The first kappa shape index (κ1) is 14.2. The number of aryl methyl sites for hydroxylation is 1. The number of hydrogen-bond acceptors (Lipinski definition) is 6. The fraction of sp³-hybridized carbons (Fsp3) is 0.538. The summed E-state index contributed by atoms with van der Waals surface area (Å²) in [4.78, 5) is 17.2. The van der Waals surface area contributed by atoms with E-state index in [9.17, 15) is 0 Å². The van der Waals surface area contributed by atoms with Crippen molar-refractivity contribution in [3.8, 4) is 6.01 Å². The third-order valence-corrected chi connectivity index (χ3v) is 2.70. The van der Waals surface area contributed by atoms with Gasteiger partial charge in [0.1, 0.15) is 11.6 Å². The minimum Gasteiger partial charge on any atom is -0.464 e. The van der Waals surface area contributed by atoms with Crippen LogP contribution >= 0.6 is 0 Å². The molecule has 0 saturated carbocycles. The van der Waals surface area contributed by atoms with Crippen LogP contribution in [0.15, 0.2) is 12.4 Å². The maximum Gasteiger partial charge on any atom is 0.321 e. The van der Waals surface area contributed by atoms with Gasteiger partial charge in [0.15, 0.2) is 0 Å². The second-order valence-corrected chi connectivity index (χ2v) is 4.35. The number of aromatic nitrogens is 5. The summed E-state index contributed by atoms with van der Waals surface area (Å²) in [6, 6.07) is 0.352. The zero-order chi connectivity index (χ0) is 14.4. The predicted molar refractivity (Wildman–Crippen MR) is 75.8 cm³/mol. The van der Waals surface area contributed by atoms with E-state index in [0.717, 1.165) is 18.8 Å². The summed E-state index contributed by atoms with van der Waals surface area (Å²) in [5.74, 6) is 2.10. The van der Waals surface area contributed by atoms with E-state index in [4.69, 9.17) is 4.74 Å². The van der Waals surface area contributed by atoms with Crippen LogP contribution in [0.2, 0.25) is 0 Å². The lowest BCUT2D eigenvalue weighted by Crippen LogP contribution is -2.11. The first-order valence-electron chi connectivity index (χ1n) is 6.80. The Morgan fingerprint density at radius 2 is 2.10 bits per heavy atom. The molecule has 0 aromatic carbocycles. The Morgan fingerprint density at radius 3 is 2.75 bits per heavy atom. The molecule has 0 saturated heterocycles. The summed E-state index contributed by atoms with van der Waals surface area (Å²) in [5, 5.41) is 3.16. The van der Waals surface area contributed by atoms with Crippen molar-refractivity contribution in [3.05, 3.63) is 24.0 Å². The Balaban J connectivity index is 2.21.